The van der Waals surface area contributed by atoms with Gasteiger partial charge in [-0.25, -0.2) is 0 Å². The summed E-state index contributed by atoms with van der Waals surface area (Å²) in [5.74, 6) is 0. The van der Waals surface area contributed by atoms with E-state index >= 15 is 0 Å². The van der Waals surface area contributed by atoms with Crippen LogP contribution in [0.25, 0.3) is 0 Å². The zero-order valence-electron chi connectivity index (χ0n) is 10.6. The molecule has 94 valence electrons. The van der Waals surface area contributed by atoms with Gasteiger partial charge in [0, 0.05) is 17.5 Å². The molecule has 17 heavy (non-hydrogen) atoms. The van der Waals surface area contributed by atoms with Gasteiger partial charge in [-0.15, -0.1) is 0 Å². The van der Waals surface area contributed by atoms with Crippen molar-refractivity contribution in [3.05, 3.63) is 34.9 Å². The highest BCUT2D eigenvalue weighted by Crippen LogP contribution is 2.36. The van der Waals surface area contributed by atoms with Crippen LogP contribution in [-0.4, -0.2) is 38.8 Å². The molecule has 1 saturated heterocycles. The molecule has 0 unspecified atom stereocenters. The third kappa shape index (κ3) is 2.82. The molecule has 1 fully saturated rings. The fourth-order valence-electron chi connectivity index (χ4n) is 2.66. The summed E-state index contributed by atoms with van der Waals surface area (Å²) >= 11 is 6.10. The van der Waals surface area contributed by atoms with Crippen LogP contribution in [0.2, 0.25) is 5.02 Å². The highest BCUT2D eigenvalue weighted by molar-refractivity contribution is 6.30. The van der Waals surface area contributed by atoms with Crippen molar-refractivity contribution >= 4 is 11.6 Å². The summed E-state index contributed by atoms with van der Waals surface area (Å²) in [6, 6.07) is 8.23. The van der Waals surface area contributed by atoms with E-state index in [1.165, 1.54) is 5.56 Å². The average molecular weight is 254 g/mol. The molecule has 2 rings (SSSR count). The maximum atomic E-state index is 6.10. The fraction of sp³-hybridized carbons (Fsp3) is 0.571. The van der Waals surface area contributed by atoms with Crippen molar-refractivity contribution < 1.29 is 4.74 Å². The van der Waals surface area contributed by atoms with Gasteiger partial charge in [0.1, 0.15) is 0 Å². The van der Waals surface area contributed by atoms with E-state index in [1.807, 2.05) is 12.1 Å². The van der Waals surface area contributed by atoms with Crippen LogP contribution in [0.1, 0.15) is 18.4 Å². The predicted octanol–water partition coefficient (Wildman–Crippen LogP) is 2.95. The molecule has 0 amide bonds. The third-order valence-corrected chi connectivity index (χ3v) is 4.04. The SMILES string of the molecule is COCC1(c2cccc(Cl)c2)CCN(C)CC1. The molecule has 2 nitrogen and oxygen atoms in total. The van der Waals surface area contributed by atoms with Crippen molar-refractivity contribution in [3.8, 4) is 0 Å². The Bertz CT molecular complexity index is 372. The zero-order chi connectivity index (χ0) is 12.3. The van der Waals surface area contributed by atoms with Gasteiger partial charge < -0.3 is 9.64 Å². The fourth-order valence-corrected chi connectivity index (χ4v) is 2.85. The molecule has 0 aromatic heterocycles. The first-order chi connectivity index (χ1) is 8.16. The molecule has 1 aliphatic heterocycles. The number of ether oxygens (including phenoxy) is 1. The Morgan fingerprint density at radius 1 is 1.35 bits per heavy atom. The molecule has 0 bridgehead atoms. The second kappa shape index (κ2) is 5.38. The average Bonchev–Trinajstić information content (AvgIpc) is 2.33. The third-order valence-electron chi connectivity index (χ3n) is 3.80. The van der Waals surface area contributed by atoms with Crippen molar-refractivity contribution in [2.45, 2.75) is 18.3 Å². The lowest BCUT2D eigenvalue weighted by molar-refractivity contribution is 0.0809. The van der Waals surface area contributed by atoms with Crippen LogP contribution in [-0.2, 0) is 10.2 Å². The number of nitrogens with zero attached hydrogens (tertiary/aromatic N) is 1. The van der Waals surface area contributed by atoms with E-state index in [0.717, 1.165) is 37.6 Å². The highest BCUT2D eigenvalue weighted by atomic mass is 35.5. The maximum Gasteiger partial charge on any atom is 0.0560 e. The molecule has 1 aromatic carbocycles. The minimum atomic E-state index is 0.145. The van der Waals surface area contributed by atoms with Crippen LogP contribution in [0.5, 0.6) is 0 Å². The lowest BCUT2D eigenvalue weighted by atomic mass is 9.73. The van der Waals surface area contributed by atoms with Gasteiger partial charge in [-0.05, 0) is 50.7 Å². The van der Waals surface area contributed by atoms with Gasteiger partial charge in [0.15, 0.2) is 0 Å². The molecule has 0 aliphatic carbocycles. The van der Waals surface area contributed by atoms with E-state index in [9.17, 15) is 0 Å². The number of likely N-dealkylation sites (tertiary alicyclic amines) is 1. The monoisotopic (exact) mass is 253 g/mol. The number of piperidine rings is 1. The predicted molar refractivity (Wildman–Crippen MR) is 71.7 cm³/mol. The van der Waals surface area contributed by atoms with Crippen LogP contribution < -0.4 is 0 Å². The van der Waals surface area contributed by atoms with Crippen LogP contribution in [0.15, 0.2) is 24.3 Å². The Balaban J connectivity index is 2.27. The number of halogens is 1. The number of benzene rings is 1. The minimum Gasteiger partial charge on any atom is -0.384 e. The van der Waals surface area contributed by atoms with Gasteiger partial charge in [0.2, 0.25) is 0 Å². The van der Waals surface area contributed by atoms with E-state index in [-0.39, 0.29) is 5.41 Å². The summed E-state index contributed by atoms with van der Waals surface area (Å²) in [5.41, 5.74) is 1.46. The second-order valence-corrected chi connectivity index (χ2v) is 5.46. The Labute approximate surface area is 109 Å². The van der Waals surface area contributed by atoms with E-state index in [1.54, 1.807) is 7.11 Å². The molecular formula is C14H20ClNO. The maximum absolute atomic E-state index is 6.10. The number of methoxy groups -OCH3 is 1. The smallest absolute Gasteiger partial charge is 0.0560 e. The lowest BCUT2D eigenvalue weighted by Gasteiger charge is -2.40. The van der Waals surface area contributed by atoms with Gasteiger partial charge >= 0.3 is 0 Å². The first kappa shape index (κ1) is 12.9. The summed E-state index contributed by atoms with van der Waals surface area (Å²) in [7, 11) is 3.96. The number of hydrogen-bond acceptors (Lipinski definition) is 2. The molecular weight excluding hydrogens is 234 g/mol. The molecule has 0 radical (unpaired) electrons. The Morgan fingerprint density at radius 3 is 2.65 bits per heavy atom. The van der Waals surface area contributed by atoms with Gasteiger partial charge in [0.05, 0.1) is 6.61 Å². The van der Waals surface area contributed by atoms with Crippen molar-refractivity contribution in [1.29, 1.82) is 0 Å². The number of hydrogen-bond donors (Lipinski definition) is 0. The Morgan fingerprint density at radius 2 is 2.06 bits per heavy atom. The van der Waals surface area contributed by atoms with Crippen LogP contribution in [0, 0.1) is 0 Å². The molecule has 0 atom stereocenters. The van der Waals surface area contributed by atoms with Crippen LogP contribution in [0.3, 0.4) is 0 Å². The largest absolute Gasteiger partial charge is 0.384 e. The van der Waals surface area contributed by atoms with Crippen molar-refractivity contribution in [2.75, 3.05) is 33.9 Å². The Hall–Kier alpha value is -0.570. The summed E-state index contributed by atoms with van der Waals surface area (Å²) in [5, 5.41) is 0.817. The standard InChI is InChI=1S/C14H20ClNO/c1-16-8-6-14(7-9-16,11-17-2)12-4-3-5-13(15)10-12/h3-5,10H,6-9,11H2,1-2H3. The zero-order valence-corrected chi connectivity index (χ0v) is 11.3. The van der Waals surface area contributed by atoms with E-state index < -0.39 is 0 Å². The molecule has 0 saturated carbocycles. The quantitative estimate of drug-likeness (QED) is 0.821. The van der Waals surface area contributed by atoms with Gasteiger partial charge in [-0.2, -0.15) is 0 Å². The molecule has 1 aromatic rings. The van der Waals surface area contributed by atoms with Gasteiger partial charge in [0.25, 0.3) is 0 Å². The van der Waals surface area contributed by atoms with Crippen molar-refractivity contribution in [2.24, 2.45) is 0 Å². The lowest BCUT2D eigenvalue weighted by Crippen LogP contribution is -2.43. The summed E-state index contributed by atoms with van der Waals surface area (Å²) in [4.78, 5) is 2.37. The summed E-state index contributed by atoms with van der Waals surface area (Å²) < 4.78 is 5.45. The topological polar surface area (TPSA) is 12.5 Å². The van der Waals surface area contributed by atoms with E-state index in [4.69, 9.17) is 16.3 Å². The van der Waals surface area contributed by atoms with Crippen molar-refractivity contribution in [3.63, 3.8) is 0 Å². The molecule has 0 spiro atoms. The van der Waals surface area contributed by atoms with Gasteiger partial charge in [-0.1, -0.05) is 23.7 Å². The van der Waals surface area contributed by atoms with Crippen molar-refractivity contribution in [1.82, 2.24) is 4.90 Å². The second-order valence-electron chi connectivity index (χ2n) is 5.03. The first-order valence-corrected chi connectivity index (χ1v) is 6.48. The molecule has 0 N–H and O–H groups in total. The highest BCUT2D eigenvalue weighted by Gasteiger charge is 2.35. The number of rotatable bonds is 3. The first-order valence-electron chi connectivity index (χ1n) is 6.10. The van der Waals surface area contributed by atoms with Crippen LogP contribution >= 0.6 is 11.6 Å². The van der Waals surface area contributed by atoms with E-state index in [0.29, 0.717) is 0 Å². The molecule has 3 heteroatoms. The van der Waals surface area contributed by atoms with Gasteiger partial charge in [-0.3, -0.25) is 0 Å². The summed E-state index contributed by atoms with van der Waals surface area (Å²) in [6.45, 7) is 3.02. The van der Waals surface area contributed by atoms with Crippen LogP contribution in [0.4, 0.5) is 0 Å². The summed E-state index contributed by atoms with van der Waals surface area (Å²) in [6.07, 6.45) is 2.27. The normalized spacial score (nSPS) is 20.4. The molecule has 1 heterocycles. The van der Waals surface area contributed by atoms with E-state index in [2.05, 4.69) is 24.1 Å². The Kier molecular flexibility index (Phi) is 4.08. The molecule has 1 aliphatic rings. The minimum absolute atomic E-state index is 0.145.